The molecule has 1 unspecified atom stereocenters. The van der Waals surface area contributed by atoms with Gasteiger partial charge in [0.05, 0.1) is 13.2 Å². The maximum atomic E-state index is 5.19. The van der Waals surface area contributed by atoms with Gasteiger partial charge in [-0.1, -0.05) is 0 Å². The van der Waals surface area contributed by atoms with Gasteiger partial charge in [-0.05, 0) is 7.05 Å². The minimum Gasteiger partial charge on any atom is -0.379 e. The van der Waals surface area contributed by atoms with Gasteiger partial charge >= 0.3 is 0 Å². The van der Waals surface area contributed by atoms with E-state index in [2.05, 4.69) is 22.8 Å². The van der Waals surface area contributed by atoms with Crippen LogP contribution in [-0.2, 0) is 4.74 Å². The zero-order valence-electron chi connectivity index (χ0n) is 6.21. The Balaban J connectivity index is 2.24. The van der Waals surface area contributed by atoms with E-state index in [0.717, 1.165) is 26.3 Å². The lowest BCUT2D eigenvalue weighted by Crippen LogP contribution is -2.46. The second kappa shape index (κ2) is 4.18. The summed E-state index contributed by atoms with van der Waals surface area (Å²) in [6.07, 6.45) is 0. The zero-order valence-corrected chi connectivity index (χ0v) is 7.10. The highest BCUT2D eigenvalue weighted by Crippen LogP contribution is 2.03. The van der Waals surface area contributed by atoms with Crippen molar-refractivity contribution in [3.05, 3.63) is 0 Å². The lowest BCUT2D eigenvalue weighted by Gasteiger charge is -2.30. The molecule has 0 saturated carbocycles. The largest absolute Gasteiger partial charge is 0.379 e. The first kappa shape index (κ1) is 8.33. The summed E-state index contributed by atoms with van der Waals surface area (Å²) in [6.45, 7) is 3.63. The van der Waals surface area contributed by atoms with Crippen molar-refractivity contribution in [3.8, 4) is 0 Å². The Morgan fingerprint density at radius 2 is 2.10 bits per heavy atom. The lowest BCUT2D eigenvalue weighted by molar-refractivity contribution is 0.0291. The standard InChI is InChI=1S/C6H14N2OS/c1-7-6(10)8-2-4-9-5-3-8/h6-7,10H,2-5H2,1H3. The molecule has 0 aromatic rings. The molecule has 0 bridgehead atoms. The van der Waals surface area contributed by atoms with Gasteiger partial charge in [0.2, 0.25) is 0 Å². The number of nitrogens with one attached hydrogen (secondary N) is 1. The van der Waals surface area contributed by atoms with E-state index in [1.54, 1.807) is 0 Å². The van der Waals surface area contributed by atoms with E-state index in [4.69, 9.17) is 4.74 Å². The molecule has 1 atom stereocenters. The number of rotatable bonds is 2. The molecule has 0 aromatic carbocycles. The van der Waals surface area contributed by atoms with E-state index >= 15 is 0 Å². The average Bonchev–Trinajstić information content (AvgIpc) is 2.05. The van der Waals surface area contributed by atoms with Crippen LogP contribution in [0.1, 0.15) is 0 Å². The van der Waals surface area contributed by atoms with E-state index in [9.17, 15) is 0 Å². The number of morpholine rings is 1. The second-order valence-electron chi connectivity index (χ2n) is 2.31. The van der Waals surface area contributed by atoms with Crippen molar-refractivity contribution in [3.63, 3.8) is 0 Å². The fraction of sp³-hybridized carbons (Fsp3) is 1.00. The Morgan fingerprint density at radius 3 is 2.60 bits per heavy atom. The van der Waals surface area contributed by atoms with Crippen LogP contribution in [0.4, 0.5) is 0 Å². The summed E-state index contributed by atoms with van der Waals surface area (Å²) in [6, 6.07) is 0. The van der Waals surface area contributed by atoms with Gasteiger partial charge in [0.15, 0.2) is 0 Å². The number of hydrogen-bond donors (Lipinski definition) is 2. The number of thiol groups is 1. The van der Waals surface area contributed by atoms with Crippen LogP contribution in [0, 0.1) is 0 Å². The van der Waals surface area contributed by atoms with Gasteiger partial charge in [-0.15, -0.1) is 12.6 Å². The smallest absolute Gasteiger partial charge is 0.105 e. The fourth-order valence-corrected chi connectivity index (χ4v) is 1.24. The third kappa shape index (κ3) is 2.12. The molecule has 1 saturated heterocycles. The minimum absolute atomic E-state index is 0.184. The van der Waals surface area contributed by atoms with Gasteiger partial charge < -0.3 is 4.74 Å². The molecule has 1 aliphatic heterocycles. The van der Waals surface area contributed by atoms with Crippen molar-refractivity contribution < 1.29 is 4.74 Å². The maximum Gasteiger partial charge on any atom is 0.105 e. The van der Waals surface area contributed by atoms with E-state index in [1.165, 1.54) is 0 Å². The Kier molecular flexibility index (Phi) is 3.48. The van der Waals surface area contributed by atoms with Crippen molar-refractivity contribution in [1.29, 1.82) is 0 Å². The van der Waals surface area contributed by atoms with Crippen LogP contribution < -0.4 is 5.32 Å². The highest BCUT2D eigenvalue weighted by molar-refractivity contribution is 7.80. The summed E-state index contributed by atoms with van der Waals surface area (Å²) < 4.78 is 5.19. The molecule has 1 rings (SSSR count). The molecule has 0 aromatic heterocycles. The monoisotopic (exact) mass is 162 g/mol. The first-order valence-corrected chi connectivity index (χ1v) is 4.03. The third-order valence-corrected chi connectivity index (χ3v) is 2.23. The SMILES string of the molecule is CNC(S)N1CCOCC1. The van der Waals surface area contributed by atoms with Gasteiger partial charge in [0.25, 0.3) is 0 Å². The molecule has 1 N–H and O–H groups in total. The topological polar surface area (TPSA) is 24.5 Å². The molecule has 1 fully saturated rings. The van der Waals surface area contributed by atoms with Crippen molar-refractivity contribution in [1.82, 2.24) is 10.2 Å². The molecule has 0 amide bonds. The summed E-state index contributed by atoms with van der Waals surface area (Å²) in [4.78, 5) is 2.24. The normalized spacial score (nSPS) is 24.6. The second-order valence-corrected chi connectivity index (χ2v) is 2.80. The molecule has 3 nitrogen and oxygen atoms in total. The summed E-state index contributed by atoms with van der Waals surface area (Å²) in [5.74, 6) is 0. The average molecular weight is 162 g/mol. The fourth-order valence-electron chi connectivity index (χ4n) is 1.00. The summed E-state index contributed by atoms with van der Waals surface area (Å²) in [7, 11) is 1.91. The van der Waals surface area contributed by atoms with Crippen molar-refractivity contribution in [2.45, 2.75) is 5.50 Å². The summed E-state index contributed by atoms with van der Waals surface area (Å²) >= 11 is 4.33. The molecule has 4 heteroatoms. The highest BCUT2D eigenvalue weighted by Gasteiger charge is 2.14. The number of ether oxygens (including phenoxy) is 1. The first-order chi connectivity index (χ1) is 4.84. The first-order valence-electron chi connectivity index (χ1n) is 3.51. The third-order valence-electron chi connectivity index (χ3n) is 1.65. The Morgan fingerprint density at radius 1 is 1.50 bits per heavy atom. The van der Waals surface area contributed by atoms with Crippen LogP contribution in [-0.4, -0.2) is 43.7 Å². The van der Waals surface area contributed by atoms with Gasteiger partial charge in [-0.3, -0.25) is 10.2 Å². The van der Waals surface area contributed by atoms with E-state index in [1.807, 2.05) is 7.05 Å². The quantitative estimate of drug-likeness (QED) is 0.433. The van der Waals surface area contributed by atoms with Gasteiger partial charge in [-0.25, -0.2) is 0 Å². The Labute approximate surface area is 67.1 Å². The number of hydrogen-bond acceptors (Lipinski definition) is 4. The van der Waals surface area contributed by atoms with Crippen LogP contribution in [0.2, 0.25) is 0 Å². The lowest BCUT2D eigenvalue weighted by atomic mass is 10.4. The molecular formula is C6H14N2OS. The van der Waals surface area contributed by atoms with Crippen molar-refractivity contribution >= 4 is 12.6 Å². The van der Waals surface area contributed by atoms with Crippen LogP contribution in [0.25, 0.3) is 0 Å². The van der Waals surface area contributed by atoms with E-state index < -0.39 is 0 Å². The van der Waals surface area contributed by atoms with Crippen LogP contribution in [0.5, 0.6) is 0 Å². The molecule has 0 aliphatic carbocycles. The molecule has 60 valence electrons. The molecule has 1 heterocycles. The minimum atomic E-state index is 0.184. The van der Waals surface area contributed by atoms with Crippen LogP contribution in [0.3, 0.4) is 0 Å². The highest BCUT2D eigenvalue weighted by atomic mass is 32.1. The van der Waals surface area contributed by atoms with Gasteiger partial charge in [-0.2, -0.15) is 0 Å². The molecular weight excluding hydrogens is 148 g/mol. The van der Waals surface area contributed by atoms with Gasteiger partial charge in [0, 0.05) is 13.1 Å². The Hall–Kier alpha value is 0.230. The van der Waals surface area contributed by atoms with E-state index in [-0.39, 0.29) is 5.50 Å². The summed E-state index contributed by atoms with van der Waals surface area (Å²) in [5.41, 5.74) is 0.184. The summed E-state index contributed by atoms with van der Waals surface area (Å²) in [5, 5.41) is 3.07. The van der Waals surface area contributed by atoms with Gasteiger partial charge in [0.1, 0.15) is 5.50 Å². The van der Waals surface area contributed by atoms with E-state index in [0.29, 0.717) is 0 Å². The molecule has 10 heavy (non-hydrogen) atoms. The number of nitrogens with zero attached hydrogens (tertiary/aromatic N) is 1. The molecule has 1 aliphatic rings. The van der Waals surface area contributed by atoms with Crippen LogP contribution >= 0.6 is 12.6 Å². The molecule has 0 radical (unpaired) electrons. The molecule has 0 spiro atoms. The van der Waals surface area contributed by atoms with Crippen molar-refractivity contribution in [2.24, 2.45) is 0 Å². The maximum absolute atomic E-state index is 5.19. The Bertz CT molecular complexity index is 95.7. The zero-order chi connectivity index (χ0) is 7.40. The van der Waals surface area contributed by atoms with Crippen molar-refractivity contribution in [2.75, 3.05) is 33.4 Å². The van der Waals surface area contributed by atoms with Crippen LogP contribution in [0.15, 0.2) is 0 Å². The predicted molar refractivity (Wildman–Crippen MR) is 44.2 cm³/mol. The predicted octanol–water partition coefficient (Wildman–Crippen LogP) is -0.249.